The van der Waals surface area contributed by atoms with Gasteiger partial charge in [0.05, 0.1) is 7.11 Å². The van der Waals surface area contributed by atoms with Crippen LogP contribution in [0.2, 0.25) is 0 Å². The third kappa shape index (κ3) is 4.04. The van der Waals surface area contributed by atoms with Crippen LogP contribution < -0.4 is 5.32 Å². The van der Waals surface area contributed by atoms with Crippen LogP contribution in [0.25, 0.3) is 0 Å². The van der Waals surface area contributed by atoms with Crippen molar-refractivity contribution in [1.82, 2.24) is 10.2 Å². The molecule has 1 saturated heterocycles. The Morgan fingerprint density at radius 1 is 1.36 bits per heavy atom. The molecular formula is C16H21FN2O3. The Hall–Kier alpha value is -1.95. The Labute approximate surface area is 129 Å². The van der Waals surface area contributed by atoms with E-state index in [1.54, 1.807) is 19.1 Å². The number of rotatable bonds is 5. The van der Waals surface area contributed by atoms with Crippen molar-refractivity contribution in [3.05, 3.63) is 35.6 Å². The zero-order valence-electron chi connectivity index (χ0n) is 12.8. The highest BCUT2D eigenvalue weighted by Crippen LogP contribution is 2.22. The molecular weight excluding hydrogens is 287 g/mol. The van der Waals surface area contributed by atoms with Crippen molar-refractivity contribution in [2.24, 2.45) is 0 Å². The fourth-order valence-electron chi connectivity index (χ4n) is 2.72. The predicted molar refractivity (Wildman–Crippen MR) is 79.5 cm³/mol. The van der Waals surface area contributed by atoms with Gasteiger partial charge in [-0.15, -0.1) is 0 Å². The second-order valence-electron chi connectivity index (χ2n) is 5.45. The van der Waals surface area contributed by atoms with Crippen molar-refractivity contribution < 1.29 is 18.7 Å². The van der Waals surface area contributed by atoms with Gasteiger partial charge in [0.25, 0.3) is 0 Å². The number of amides is 1. The molecule has 0 radical (unpaired) electrons. The molecule has 6 heteroatoms. The molecule has 0 spiro atoms. The van der Waals surface area contributed by atoms with E-state index in [1.165, 1.54) is 19.2 Å². The highest BCUT2D eigenvalue weighted by atomic mass is 19.1. The smallest absolute Gasteiger partial charge is 0.323 e. The molecule has 1 fully saturated rings. The lowest BCUT2D eigenvalue weighted by molar-refractivity contribution is -0.146. The molecule has 0 unspecified atom stereocenters. The Bertz CT molecular complexity index is 533. The molecule has 1 aromatic carbocycles. The fraction of sp³-hybridized carbons (Fsp3) is 0.500. The Morgan fingerprint density at radius 2 is 2.05 bits per heavy atom. The van der Waals surface area contributed by atoms with E-state index >= 15 is 0 Å². The predicted octanol–water partition coefficient (Wildman–Crippen LogP) is 1.47. The second kappa shape index (κ2) is 7.35. The number of benzene rings is 1. The van der Waals surface area contributed by atoms with Crippen LogP contribution in [0.4, 0.5) is 4.39 Å². The Balaban J connectivity index is 2.06. The summed E-state index contributed by atoms with van der Waals surface area (Å²) in [5.74, 6) is -0.629. The summed E-state index contributed by atoms with van der Waals surface area (Å²) >= 11 is 0. The maximum atomic E-state index is 13.0. The molecule has 1 aromatic rings. The topological polar surface area (TPSA) is 58.6 Å². The van der Waals surface area contributed by atoms with E-state index in [-0.39, 0.29) is 23.7 Å². The van der Waals surface area contributed by atoms with Gasteiger partial charge in [-0.05, 0) is 24.1 Å². The first-order valence-corrected chi connectivity index (χ1v) is 7.39. The van der Waals surface area contributed by atoms with Gasteiger partial charge in [0.15, 0.2) is 0 Å². The fourth-order valence-corrected chi connectivity index (χ4v) is 2.72. The van der Waals surface area contributed by atoms with Gasteiger partial charge in [0.2, 0.25) is 5.91 Å². The molecule has 22 heavy (non-hydrogen) atoms. The van der Waals surface area contributed by atoms with Crippen LogP contribution in [0.5, 0.6) is 0 Å². The third-order valence-corrected chi connectivity index (χ3v) is 3.86. The van der Waals surface area contributed by atoms with E-state index in [0.29, 0.717) is 25.9 Å². The normalized spacial score (nSPS) is 21.6. The number of halogens is 1. The molecule has 0 aromatic heterocycles. The minimum Gasteiger partial charge on any atom is -0.468 e. The summed E-state index contributed by atoms with van der Waals surface area (Å²) in [4.78, 5) is 25.4. The van der Waals surface area contributed by atoms with Gasteiger partial charge in [0.1, 0.15) is 11.9 Å². The van der Waals surface area contributed by atoms with Gasteiger partial charge < -0.3 is 10.1 Å². The van der Waals surface area contributed by atoms with Crippen LogP contribution in [-0.2, 0) is 20.9 Å². The minimum atomic E-state index is -0.391. The summed E-state index contributed by atoms with van der Waals surface area (Å²) in [5, 5.41) is 2.91. The van der Waals surface area contributed by atoms with Crippen molar-refractivity contribution in [2.75, 3.05) is 13.7 Å². The van der Waals surface area contributed by atoms with Crippen molar-refractivity contribution in [1.29, 1.82) is 0 Å². The lowest BCUT2D eigenvalue weighted by atomic mass is 10.1. The van der Waals surface area contributed by atoms with E-state index in [0.717, 1.165) is 5.56 Å². The molecule has 1 N–H and O–H groups in total. The number of carbonyl (C=O) groups is 2. The molecule has 0 bridgehead atoms. The summed E-state index contributed by atoms with van der Waals surface area (Å²) < 4.78 is 17.8. The first-order valence-electron chi connectivity index (χ1n) is 7.39. The number of ether oxygens (including phenoxy) is 1. The highest BCUT2D eigenvalue weighted by Gasteiger charge is 2.37. The quantitative estimate of drug-likeness (QED) is 0.837. The van der Waals surface area contributed by atoms with E-state index < -0.39 is 6.04 Å². The summed E-state index contributed by atoms with van der Waals surface area (Å²) in [5.41, 5.74) is 0.915. The van der Waals surface area contributed by atoms with E-state index in [2.05, 4.69) is 5.32 Å². The van der Waals surface area contributed by atoms with Crippen molar-refractivity contribution in [3.8, 4) is 0 Å². The number of esters is 1. The standard InChI is InChI=1S/C16H21FN2O3/c1-3-15(20)18-13-8-14(16(21)22-2)19(10-13)9-11-4-6-12(17)7-5-11/h4-7,13-14H,3,8-10H2,1-2H3,(H,18,20)/t13-,14-/m0/s1. The number of carbonyl (C=O) groups excluding carboxylic acids is 2. The summed E-state index contributed by atoms with van der Waals surface area (Å²) in [7, 11) is 1.36. The van der Waals surface area contributed by atoms with Gasteiger partial charge in [-0.3, -0.25) is 14.5 Å². The highest BCUT2D eigenvalue weighted by molar-refractivity contribution is 5.78. The first kappa shape index (κ1) is 16.4. The molecule has 120 valence electrons. The van der Waals surface area contributed by atoms with Gasteiger partial charge in [0, 0.05) is 25.6 Å². The maximum absolute atomic E-state index is 13.0. The summed E-state index contributed by atoms with van der Waals surface area (Å²) in [6, 6.07) is 5.72. The zero-order chi connectivity index (χ0) is 16.1. The number of nitrogens with zero attached hydrogens (tertiary/aromatic N) is 1. The molecule has 5 nitrogen and oxygen atoms in total. The van der Waals surface area contributed by atoms with Gasteiger partial charge in [-0.1, -0.05) is 19.1 Å². The number of methoxy groups -OCH3 is 1. The van der Waals surface area contributed by atoms with E-state index in [4.69, 9.17) is 4.74 Å². The SMILES string of the molecule is CCC(=O)N[C@H]1C[C@@H](C(=O)OC)N(Cc2ccc(F)cc2)C1. The van der Waals surface area contributed by atoms with Crippen molar-refractivity contribution in [3.63, 3.8) is 0 Å². The van der Waals surface area contributed by atoms with Gasteiger partial charge >= 0.3 is 5.97 Å². The monoisotopic (exact) mass is 308 g/mol. The largest absolute Gasteiger partial charge is 0.468 e. The summed E-state index contributed by atoms with van der Waals surface area (Å²) in [6.45, 7) is 2.87. The van der Waals surface area contributed by atoms with Crippen LogP contribution in [0.3, 0.4) is 0 Å². The molecule has 1 heterocycles. The molecule has 0 saturated carbocycles. The minimum absolute atomic E-state index is 0.0303. The molecule has 2 atom stereocenters. The van der Waals surface area contributed by atoms with Gasteiger partial charge in [-0.25, -0.2) is 4.39 Å². The zero-order valence-corrected chi connectivity index (χ0v) is 12.8. The van der Waals surface area contributed by atoms with Crippen LogP contribution >= 0.6 is 0 Å². The van der Waals surface area contributed by atoms with Gasteiger partial charge in [-0.2, -0.15) is 0 Å². The van der Waals surface area contributed by atoms with E-state index in [9.17, 15) is 14.0 Å². The third-order valence-electron chi connectivity index (χ3n) is 3.86. The van der Waals surface area contributed by atoms with Crippen LogP contribution in [-0.4, -0.2) is 42.5 Å². The molecule has 2 rings (SSSR count). The number of hydrogen-bond donors (Lipinski definition) is 1. The molecule has 1 amide bonds. The molecule has 1 aliphatic rings. The van der Waals surface area contributed by atoms with Crippen LogP contribution in [0, 0.1) is 5.82 Å². The van der Waals surface area contributed by atoms with Crippen LogP contribution in [0.1, 0.15) is 25.3 Å². The van der Waals surface area contributed by atoms with E-state index in [1.807, 2.05) is 4.90 Å². The Morgan fingerprint density at radius 3 is 2.64 bits per heavy atom. The van der Waals surface area contributed by atoms with Crippen molar-refractivity contribution in [2.45, 2.75) is 38.4 Å². The second-order valence-corrected chi connectivity index (χ2v) is 5.45. The number of nitrogens with one attached hydrogen (secondary N) is 1. The lowest BCUT2D eigenvalue weighted by Gasteiger charge is -2.22. The lowest BCUT2D eigenvalue weighted by Crippen LogP contribution is -2.37. The van der Waals surface area contributed by atoms with Crippen LogP contribution in [0.15, 0.2) is 24.3 Å². The average Bonchev–Trinajstić information content (AvgIpc) is 2.91. The average molecular weight is 308 g/mol. The molecule has 1 aliphatic heterocycles. The first-order chi connectivity index (χ1) is 10.5. The molecule has 0 aliphatic carbocycles. The number of hydrogen-bond acceptors (Lipinski definition) is 4. The maximum Gasteiger partial charge on any atom is 0.323 e. The number of likely N-dealkylation sites (tertiary alicyclic amines) is 1. The summed E-state index contributed by atoms with van der Waals surface area (Å²) in [6.07, 6.45) is 0.941. The Kier molecular flexibility index (Phi) is 5.49. The van der Waals surface area contributed by atoms with Crippen molar-refractivity contribution >= 4 is 11.9 Å².